The van der Waals surface area contributed by atoms with Crippen LogP contribution in [-0.4, -0.2) is 23.5 Å². The monoisotopic (exact) mass is 395 g/mol. The van der Waals surface area contributed by atoms with Crippen LogP contribution < -0.4 is 0 Å². The Hall–Kier alpha value is -2.91. The molecule has 30 heavy (non-hydrogen) atoms. The van der Waals surface area contributed by atoms with E-state index in [1.807, 2.05) is 0 Å². The predicted molar refractivity (Wildman–Crippen MR) is 116 cm³/mol. The van der Waals surface area contributed by atoms with Gasteiger partial charge in [0.05, 0.1) is 18.7 Å². The second-order valence-electron chi connectivity index (χ2n) is 9.23. The molecule has 3 nitrogen and oxygen atoms in total. The van der Waals surface area contributed by atoms with Gasteiger partial charge < -0.3 is 4.74 Å². The molecule has 0 radical (unpaired) electrons. The highest BCUT2D eigenvalue weighted by Gasteiger charge is 2.86. The first-order chi connectivity index (χ1) is 14.4. The first kappa shape index (κ1) is 17.9. The SMILES string of the molecule is COC(=O)C12[C@@H](c3ccc(C)cc3)N1C1(C)c3ccccc3C2(C)c2ccccc21. The molecule has 3 aromatic rings. The molecule has 0 N–H and O–H groups in total. The maximum atomic E-state index is 13.7. The van der Waals surface area contributed by atoms with Gasteiger partial charge in [-0.3, -0.25) is 4.90 Å². The molecule has 1 aliphatic carbocycles. The Morgan fingerprint density at radius 1 is 0.833 bits per heavy atom. The largest absolute Gasteiger partial charge is 0.468 e. The Balaban J connectivity index is 1.74. The first-order valence-corrected chi connectivity index (χ1v) is 10.6. The Labute approximate surface area is 177 Å². The second-order valence-corrected chi connectivity index (χ2v) is 9.23. The lowest BCUT2D eigenvalue weighted by molar-refractivity contribution is -0.149. The van der Waals surface area contributed by atoms with E-state index >= 15 is 0 Å². The highest BCUT2D eigenvalue weighted by atomic mass is 16.5. The number of esters is 1. The molecule has 7 rings (SSSR count). The quantitative estimate of drug-likeness (QED) is 0.458. The van der Waals surface area contributed by atoms with Gasteiger partial charge in [-0.25, -0.2) is 4.79 Å². The van der Waals surface area contributed by atoms with Crippen molar-refractivity contribution in [3.8, 4) is 0 Å². The van der Waals surface area contributed by atoms with E-state index in [2.05, 4.69) is 98.5 Å². The van der Waals surface area contributed by atoms with Gasteiger partial charge in [-0.05, 0) is 48.6 Å². The highest BCUT2D eigenvalue weighted by Crippen LogP contribution is 2.77. The van der Waals surface area contributed by atoms with Crippen LogP contribution >= 0.6 is 0 Å². The lowest BCUT2D eigenvalue weighted by Gasteiger charge is -2.56. The van der Waals surface area contributed by atoms with Crippen molar-refractivity contribution >= 4 is 5.97 Å². The zero-order chi connectivity index (χ0) is 20.9. The fraction of sp³-hybridized carbons (Fsp3) is 0.296. The smallest absolute Gasteiger partial charge is 0.329 e. The van der Waals surface area contributed by atoms with Crippen LogP contribution in [0.1, 0.15) is 53.3 Å². The predicted octanol–water partition coefficient (Wildman–Crippen LogP) is 4.86. The van der Waals surface area contributed by atoms with E-state index in [1.165, 1.54) is 40.5 Å². The van der Waals surface area contributed by atoms with Crippen LogP contribution in [0.4, 0.5) is 0 Å². The Morgan fingerprint density at radius 2 is 1.33 bits per heavy atom. The summed E-state index contributed by atoms with van der Waals surface area (Å²) in [4.78, 5) is 16.1. The molecule has 1 fully saturated rings. The van der Waals surface area contributed by atoms with Crippen LogP contribution in [0.2, 0.25) is 0 Å². The Kier molecular flexibility index (Phi) is 3.23. The number of ether oxygens (including phenoxy) is 1. The standard InChI is InChI=1S/C27H25NO2/c1-17-13-15-18(16-14-17)23-27(24(29)30-4)25(2)19-9-5-7-11-21(19)26(3,28(23)27)22-12-8-6-10-20(22)25/h5-16,23H,1-4H3/t23-,25?,26?,27?,28?/m1/s1. The topological polar surface area (TPSA) is 29.3 Å². The van der Waals surface area contributed by atoms with Gasteiger partial charge in [0, 0.05) is 5.41 Å². The highest BCUT2D eigenvalue weighted by molar-refractivity contribution is 5.94. The van der Waals surface area contributed by atoms with E-state index in [4.69, 9.17) is 4.74 Å². The van der Waals surface area contributed by atoms with Crippen LogP contribution in [-0.2, 0) is 20.5 Å². The fourth-order valence-electron chi connectivity index (χ4n) is 6.77. The van der Waals surface area contributed by atoms with E-state index in [-0.39, 0.29) is 12.0 Å². The minimum absolute atomic E-state index is 0.0413. The number of methoxy groups -OCH3 is 1. The summed E-state index contributed by atoms with van der Waals surface area (Å²) in [5.41, 5.74) is 5.80. The number of rotatable bonds is 2. The van der Waals surface area contributed by atoms with Crippen LogP contribution in [0.15, 0.2) is 72.8 Å². The van der Waals surface area contributed by atoms with Crippen molar-refractivity contribution in [2.24, 2.45) is 0 Å². The lowest BCUT2D eigenvalue weighted by Crippen LogP contribution is -2.62. The lowest BCUT2D eigenvalue weighted by atomic mass is 9.53. The number of carbonyl (C=O) groups excluding carboxylic acids is 1. The summed E-state index contributed by atoms with van der Waals surface area (Å²) in [6.45, 7) is 6.61. The number of hydrogen-bond acceptors (Lipinski definition) is 3. The average molecular weight is 396 g/mol. The molecule has 0 saturated carbocycles. The van der Waals surface area contributed by atoms with Gasteiger partial charge in [0.25, 0.3) is 0 Å². The van der Waals surface area contributed by atoms with Crippen LogP contribution in [0.5, 0.6) is 0 Å². The second kappa shape index (κ2) is 5.41. The van der Waals surface area contributed by atoms with Crippen LogP contribution in [0.3, 0.4) is 0 Å². The van der Waals surface area contributed by atoms with Crippen molar-refractivity contribution in [2.45, 2.75) is 43.3 Å². The molecule has 3 heterocycles. The third-order valence-electron chi connectivity index (χ3n) is 8.08. The van der Waals surface area contributed by atoms with Crippen molar-refractivity contribution in [1.82, 2.24) is 4.90 Å². The van der Waals surface area contributed by atoms with Crippen LogP contribution in [0, 0.1) is 6.92 Å². The minimum atomic E-state index is -0.755. The minimum Gasteiger partial charge on any atom is -0.468 e. The number of nitrogens with zero attached hydrogens (tertiary/aromatic N) is 1. The summed E-state index contributed by atoms with van der Waals surface area (Å²) >= 11 is 0. The molecule has 1 saturated heterocycles. The molecular weight excluding hydrogens is 370 g/mol. The summed E-state index contributed by atoms with van der Waals surface area (Å²) in [5, 5.41) is 0. The molecule has 0 amide bonds. The van der Waals surface area contributed by atoms with Crippen molar-refractivity contribution in [3.05, 3.63) is 106 Å². The number of aryl methyl sites for hydroxylation is 1. The van der Waals surface area contributed by atoms with E-state index in [9.17, 15) is 4.79 Å². The molecule has 3 heteroatoms. The van der Waals surface area contributed by atoms with Crippen molar-refractivity contribution in [3.63, 3.8) is 0 Å². The molecule has 4 aliphatic rings. The van der Waals surface area contributed by atoms with Gasteiger partial charge in [-0.2, -0.15) is 0 Å². The van der Waals surface area contributed by atoms with Gasteiger partial charge in [-0.15, -0.1) is 0 Å². The van der Waals surface area contributed by atoms with E-state index in [0.717, 1.165) is 0 Å². The molecular formula is C27H25NO2. The van der Waals surface area contributed by atoms with Crippen LogP contribution in [0.25, 0.3) is 0 Å². The Morgan fingerprint density at radius 3 is 1.83 bits per heavy atom. The normalized spacial score (nSPS) is 34.5. The number of hydrogen-bond donors (Lipinski definition) is 0. The summed E-state index contributed by atoms with van der Waals surface area (Å²) in [6.07, 6.45) is 0. The van der Waals surface area contributed by atoms with Gasteiger partial charge >= 0.3 is 5.97 Å². The molecule has 0 aromatic heterocycles. The molecule has 2 unspecified atom stereocenters. The van der Waals surface area contributed by atoms with Crippen molar-refractivity contribution in [1.29, 1.82) is 0 Å². The maximum Gasteiger partial charge on any atom is 0.329 e. The molecule has 3 aromatic carbocycles. The zero-order valence-corrected chi connectivity index (χ0v) is 17.8. The van der Waals surface area contributed by atoms with Gasteiger partial charge in [-0.1, -0.05) is 78.4 Å². The summed E-state index contributed by atoms with van der Waals surface area (Å²) in [6, 6.07) is 25.9. The van der Waals surface area contributed by atoms with Gasteiger partial charge in [0.1, 0.15) is 0 Å². The van der Waals surface area contributed by atoms with Gasteiger partial charge in [0.15, 0.2) is 5.54 Å². The van der Waals surface area contributed by atoms with E-state index < -0.39 is 16.5 Å². The van der Waals surface area contributed by atoms with E-state index in [0.29, 0.717) is 0 Å². The molecule has 2 bridgehead atoms. The van der Waals surface area contributed by atoms with E-state index in [1.54, 1.807) is 0 Å². The van der Waals surface area contributed by atoms with Crippen molar-refractivity contribution in [2.75, 3.05) is 7.11 Å². The molecule has 150 valence electrons. The summed E-state index contributed by atoms with van der Waals surface area (Å²) < 4.78 is 5.52. The third-order valence-corrected chi connectivity index (χ3v) is 8.08. The zero-order valence-electron chi connectivity index (χ0n) is 17.8. The fourth-order valence-corrected chi connectivity index (χ4v) is 6.77. The van der Waals surface area contributed by atoms with Crippen molar-refractivity contribution < 1.29 is 9.53 Å². The Bertz CT molecular complexity index is 1160. The first-order valence-electron chi connectivity index (χ1n) is 10.6. The average Bonchev–Trinajstić information content (AvgIpc) is 3.50. The summed E-state index contributed by atoms with van der Waals surface area (Å²) in [7, 11) is 1.52. The summed E-state index contributed by atoms with van der Waals surface area (Å²) in [5.74, 6) is -0.147. The maximum absolute atomic E-state index is 13.7. The van der Waals surface area contributed by atoms with Gasteiger partial charge in [0.2, 0.25) is 0 Å². The number of carbonyl (C=O) groups is 1. The molecule has 3 atom stereocenters. The number of benzene rings is 3. The molecule has 3 aliphatic heterocycles. The molecule has 0 spiro atoms. The third kappa shape index (κ3) is 1.64.